The average Bonchev–Trinajstić information content (AvgIpc) is 2.38. The molecule has 0 amide bonds. The van der Waals surface area contributed by atoms with Crippen molar-refractivity contribution in [2.75, 3.05) is 11.9 Å². The third kappa shape index (κ3) is 4.30. The molecule has 0 radical (unpaired) electrons. The molecule has 1 N–H and O–H groups in total. The second-order valence-electron chi connectivity index (χ2n) is 5.25. The summed E-state index contributed by atoms with van der Waals surface area (Å²) in [6.45, 7) is 7.18. The van der Waals surface area contributed by atoms with Gasteiger partial charge in [-0.1, -0.05) is 43.7 Å². The van der Waals surface area contributed by atoms with Gasteiger partial charge >= 0.3 is 0 Å². The molecule has 0 saturated heterocycles. The van der Waals surface area contributed by atoms with Crippen LogP contribution in [-0.4, -0.2) is 16.5 Å². The minimum Gasteiger partial charge on any atom is -0.370 e. The Hall–Kier alpha value is -1.42. The molecule has 0 spiro atoms. The number of benzene rings is 1. The monoisotopic (exact) mass is 333 g/mol. The van der Waals surface area contributed by atoms with E-state index in [1.165, 1.54) is 11.1 Å². The van der Waals surface area contributed by atoms with Crippen LogP contribution in [0.4, 0.5) is 5.82 Å². The van der Waals surface area contributed by atoms with E-state index in [1.54, 1.807) is 0 Å². The van der Waals surface area contributed by atoms with E-state index < -0.39 is 0 Å². The van der Waals surface area contributed by atoms with Crippen LogP contribution in [0.3, 0.4) is 0 Å². The van der Waals surface area contributed by atoms with Crippen LogP contribution in [0, 0.1) is 6.92 Å². The molecule has 0 unspecified atom stereocenters. The molecule has 0 fully saturated rings. The second-order valence-corrected chi connectivity index (χ2v) is 6.07. The predicted molar refractivity (Wildman–Crippen MR) is 87.2 cm³/mol. The lowest BCUT2D eigenvalue weighted by atomic mass is 10.1. The second kappa shape index (κ2) is 6.84. The van der Waals surface area contributed by atoms with Crippen LogP contribution in [0.5, 0.6) is 0 Å². The van der Waals surface area contributed by atoms with Crippen molar-refractivity contribution in [2.45, 2.75) is 33.1 Å². The van der Waals surface area contributed by atoms with Gasteiger partial charge in [0.15, 0.2) is 0 Å². The molecular weight excluding hydrogens is 314 g/mol. The van der Waals surface area contributed by atoms with E-state index >= 15 is 0 Å². The van der Waals surface area contributed by atoms with Gasteiger partial charge in [-0.2, -0.15) is 0 Å². The Morgan fingerprint density at radius 2 is 2.00 bits per heavy atom. The summed E-state index contributed by atoms with van der Waals surface area (Å²) in [5.41, 5.74) is 2.64. The Morgan fingerprint density at radius 3 is 2.70 bits per heavy atom. The zero-order valence-electron chi connectivity index (χ0n) is 12.2. The van der Waals surface area contributed by atoms with E-state index in [2.05, 4.69) is 76.3 Å². The van der Waals surface area contributed by atoms with Gasteiger partial charge < -0.3 is 5.32 Å². The maximum atomic E-state index is 4.53. The summed E-state index contributed by atoms with van der Waals surface area (Å²) < 4.78 is 0.828. The maximum Gasteiger partial charge on any atom is 0.134 e. The Bertz CT molecular complexity index is 582. The summed E-state index contributed by atoms with van der Waals surface area (Å²) in [4.78, 5) is 8.91. The van der Waals surface area contributed by atoms with Crippen LogP contribution in [0.15, 0.2) is 34.9 Å². The number of hydrogen-bond donors (Lipinski definition) is 1. The van der Waals surface area contributed by atoms with Crippen molar-refractivity contribution in [1.29, 1.82) is 0 Å². The van der Waals surface area contributed by atoms with Gasteiger partial charge in [0.05, 0.1) is 0 Å². The zero-order valence-corrected chi connectivity index (χ0v) is 13.7. The van der Waals surface area contributed by atoms with Gasteiger partial charge in [0.25, 0.3) is 0 Å². The lowest BCUT2D eigenvalue weighted by Gasteiger charge is -2.10. The zero-order chi connectivity index (χ0) is 14.5. The Labute approximate surface area is 129 Å². The molecule has 1 aromatic carbocycles. The summed E-state index contributed by atoms with van der Waals surface area (Å²) in [5, 5.41) is 3.37. The van der Waals surface area contributed by atoms with Crippen LogP contribution in [0.2, 0.25) is 0 Å². The molecule has 0 aliphatic carbocycles. The largest absolute Gasteiger partial charge is 0.370 e. The predicted octanol–water partition coefficient (Wildman–Crippen LogP) is 4.33. The molecule has 106 valence electrons. The van der Waals surface area contributed by atoms with E-state index in [0.717, 1.165) is 29.2 Å². The lowest BCUT2D eigenvalue weighted by Crippen LogP contribution is -2.09. The third-order valence-corrected chi connectivity index (χ3v) is 3.44. The van der Waals surface area contributed by atoms with Gasteiger partial charge in [-0.3, -0.25) is 0 Å². The first kappa shape index (κ1) is 15.0. The first-order chi connectivity index (χ1) is 9.54. The molecule has 0 bridgehead atoms. The highest BCUT2D eigenvalue weighted by Crippen LogP contribution is 2.17. The van der Waals surface area contributed by atoms with Crippen molar-refractivity contribution < 1.29 is 0 Å². The summed E-state index contributed by atoms with van der Waals surface area (Å²) >= 11 is 3.44. The van der Waals surface area contributed by atoms with Crippen molar-refractivity contribution in [2.24, 2.45) is 0 Å². The van der Waals surface area contributed by atoms with E-state index in [4.69, 9.17) is 0 Å². The third-order valence-electron chi connectivity index (χ3n) is 3.03. The van der Waals surface area contributed by atoms with E-state index in [9.17, 15) is 0 Å². The molecule has 1 heterocycles. The highest BCUT2D eigenvalue weighted by Gasteiger charge is 2.06. The number of anilines is 1. The summed E-state index contributed by atoms with van der Waals surface area (Å²) in [7, 11) is 0. The van der Waals surface area contributed by atoms with Crippen LogP contribution in [0.25, 0.3) is 0 Å². The number of rotatable bonds is 5. The summed E-state index contributed by atoms with van der Waals surface area (Å²) in [6.07, 6.45) is 0.986. The molecule has 4 heteroatoms. The van der Waals surface area contributed by atoms with Gasteiger partial charge in [-0.15, -0.1) is 0 Å². The molecule has 0 aliphatic rings. The fourth-order valence-corrected chi connectivity index (χ4v) is 2.39. The molecule has 20 heavy (non-hydrogen) atoms. The fourth-order valence-electron chi connectivity index (χ4n) is 1.99. The topological polar surface area (TPSA) is 37.8 Å². The Kier molecular flexibility index (Phi) is 5.12. The standard InChI is InChI=1S/C16H20BrN3/c1-11(2)16-19-14(17)10-15(20-16)18-8-7-13-6-4-5-12(3)9-13/h4-6,9-11H,7-8H2,1-3H3,(H,18,19,20). The molecule has 0 atom stereocenters. The SMILES string of the molecule is Cc1cccc(CCNc2cc(Br)nc(C(C)C)n2)c1. The van der Waals surface area contributed by atoms with Gasteiger partial charge in [0.1, 0.15) is 16.2 Å². The van der Waals surface area contributed by atoms with Crippen molar-refractivity contribution in [1.82, 2.24) is 9.97 Å². The quantitative estimate of drug-likeness (QED) is 0.827. The van der Waals surface area contributed by atoms with Crippen molar-refractivity contribution in [3.8, 4) is 0 Å². The van der Waals surface area contributed by atoms with Crippen LogP contribution in [0.1, 0.15) is 36.7 Å². The van der Waals surface area contributed by atoms with Crippen molar-refractivity contribution >= 4 is 21.7 Å². The normalized spacial score (nSPS) is 10.8. The Morgan fingerprint density at radius 1 is 1.20 bits per heavy atom. The first-order valence-electron chi connectivity index (χ1n) is 6.88. The van der Waals surface area contributed by atoms with E-state index in [-0.39, 0.29) is 0 Å². The van der Waals surface area contributed by atoms with Gasteiger partial charge in [-0.05, 0) is 34.8 Å². The maximum absolute atomic E-state index is 4.53. The molecule has 0 saturated carbocycles. The number of aromatic nitrogens is 2. The first-order valence-corrected chi connectivity index (χ1v) is 7.68. The molecule has 2 rings (SSSR count). The number of nitrogens with one attached hydrogen (secondary N) is 1. The summed E-state index contributed by atoms with van der Waals surface area (Å²) in [6, 6.07) is 10.5. The van der Waals surface area contributed by atoms with Crippen molar-refractivity contribution in [3.63, 3.8) is 0 Å². The van der Waals surface area contributed by atoms with Crippen LogP contribution < -0.4 is 5.32 Å². The minimum absolute atomic E-state index is 0.324. The number of halogens is 1. The van der Waals surface area contributed by atoms with Crippen LogP contribution in [-0.2, 0) is 6.42 Å². The number of aryl methyl sites for hydroxylation is 1. The minimum atomic E-state index is 0.324. The van der Waals surface area contributed by atoms with Crippen LogP contribution >= 0.6 is 15.9 Å². The van der Waals surface area contributed by atoms with Gasteiger partial charge in [0.2, 0.25) is 0 Å². The highest BCUT2D eigenvalue weighted by molar-refractivity contribution is 9.10. The molecule has 0 aliphatic heterocycles. The fraction of sp³-hybridized carbons (Fsp3) is 0.375. The Balaban J connectivity index is 1.97. The number of nitrogens with zero attached hydrogens (tertiary/aromatic N) is 2. The lowest BCUT2D eigenvalue weighted by molar-refractivity contribution is 0.769. The van der Waals surface area contributed by atoms with E-state index in [0.29, 0.717) is 5.92 Å². The molecule has 1 aromatic heterocycles. The molecule has 3 nitrogen and oxygen atoms in total. The van der Waals surface area contributed by atoms with E-state index in [1.807, 2.05) is 6.07 Å². The average molecular weight is 334 g/mol. The van der Waals surface area contributed by atoms with Gasteiger partial charge in [0, 0.05) is 18.5 Å². The smallest absolute Gasteiger partial charge is 0.134 e. The number of hydrogen-bond acceptors (Lipinski definition) is 3. The van der Waals surface area contributed by atoms with Crippen molar-refractivity contribution in [3.05, 3.63) is 51.9 Å². The van der Waals surface area contributed by atoms with Gasteiger partial charge in [-0.25, -0.2) is 9.97 Å². The highest BCUT2D eigenvalue weighted by atomic mass is 79.9. The molecule has 2 aromatic rings. The summed E-state index contributed by atoms with van der Waals surface area (Å²) in [5.74, 6) is 2.06. The molecular formula is C16H20BrN3.